The molecule has 15 nitrogen and oxygen atoms in total. The van der Waals surface area contributed by atoms with Crippen LogP contribution in [0.15, 0.2) is 36.4 Å². The number of aromatic hydroxyl groups is 4. The van der Waals surface area contributed by atoms with Gasteiger partial charge in [0, 0.05) is 13.1 Å². The van der Waals surface area contributed by atoms with Crippen molar-refractivity contribution in [1.29, 1.82) is 0 Å². The van der Waals surface area contributed by atoms with Gasteiger partial charge in [-0.15, -0.1) is 0 Å². The first-order chi connectivity index (χ1) is 19.5. The molecule has 0 bridgehead atoms. The van der Waals surface area contributed by atoms with Gasteiger partial charge < -0.3 is 41.7 Å². The van der Waals surface area contributed by atoms with Gasteiger partial charge in [0.15, 0.2) is 23.0 Å². The van der Waals surface area contributed by atoms with Gasteiger partial charge in [-0.25, -0.2) is 5.06 Å². The molecular formula is C26H31N5O10. The summed E-state index contributed by atoms with van der Waals surface area (Å²) in [5.41, 5.74) is -0.476. The molecule has 15 heteroatoms. The van der Waals surface area contributed by atoms with Crippen molar-refractivity contribution in [2.75, 3.05) is 19.6 Å². The molecule has 9 N–H and O–H groups in total. The van der Waals surface area contributed by atoms with Gasteiger partial charge in [-0.1, -0.05) is 12.1 Å². The molecule has 1 fully saturated rings. The van der Waals surface area contributed by atoms with Crippen molar-refractivity contribution in [3.8, 4) is 23.0 Å². The Hall–Kier alpha value is -5.05. The number of nitrogens with zero attached hydrogens (tertiary/aromatic N) is 1. The van der Waals surface area contributed by atoms with Crippen LogP contribution in [0, 0.1) is 0 Å². The number of benzene rings is 2. The van der Waals surface area contributed by atoms with E-state index in [1.807, 2.05) is 0 Å². The SMILES string of the molecule is O=C(CNC(=O)[C@H](CCCNC(=O)c1cccc(O)c1O)NC(=O)c1cccc(O)c1O)N[C@H]1CCCN(O)C1=O. The summed E-state index contributed by atoms with van der Waals surface area (Å²) >= 11 is 0. The second-order valence-electron chi connectivity index (χ2n) is 9.21. The lowest BCUT2D eigenvalue weighted by atomic mass is 10.1. The van der Waals surface area contributed by atoms with Crippen LogP contribution in [-0.4, -0.2) is 92.0 Å². The quantitative estimate of drug-likeness (QED) is 0.0942. The number of piperidine rings is 1. The van der Waals surface area contributed by atoms with Crippen LogP contribution in [0.3, 0.4) is 0 Å². The predicted octanol–water partition coefficient (Wildman–Crippen LogP) is -0.570. The Morgan fingerprint density at radius 1 is 0.902 bits per heavy atom. The average molecular weight is 574 g/mol. The minimum atomic E-state index is -1.26. The lowest BCUT2D eigenvalue weighted by molar-refractivity contribution is -0.173. The predicted molar refractivity (Wildman–Crippen MR) is 140 cm³/mol. The van der Waals surface area contributed by atoms with Gasteiger partial charge in [-0.3, -0.25) is 29.2 Å². The third-order valence-corrected chi connectivity index (χ3v) is 6.27. The standard InChI is InChI=1S/C26H31N5O10/c32-18-9-1-5-14(21(18)35)23(37)27-11-3-7-16(30-24(38)15-6-2-10-19(33)22(15)36)25(39)28-13-20(34)29-17-8-4-12-31(41)26(17)40/h1-2,5-6,9-10,16-17,32-33,35-36,41H,3-4,7-8,11-13H2,(H,27,37)(H,28,39)(H,29,34)(H,30,38)/t16-,17-/m0/s1. The largest absolute Gasteiger partial charge is 0.504 e. The molecule has 2 aromatic rings. The second-order valence-corrected chi connectivity index (χ2v) is 9.21. The van der Waals surface area contributed by atoms with E-state index in [2.05, 4.69) is 21.3 Å². The number of nitrogens with one attached hydrogen (secondary N) is 4. The van der Waals surface area contributed by atoms with E-state index in [1.165, 1.54) is 30.3 Å². The molecule has 1 heterocycles. The highest BCUT2D eigenvalue weighted by Gasteiger charge is 2.30. The molecule has 41 heavy (non-hydrogen) atoms. The Bertz CT molecular complexity index is 1320. The highest BCUT2D eigenvalue weighted by Crippen LogP contribution is 2.29. The number of hydrogen-bond acceptors (Lipinski definition) is 10. The third-order valence-electron chi connectivity index (χ3n) is 6.27. The lowest BCUT2D eigenvalue weighted by Crippen LogP contribution is -2.54. The van der Waals surface area contributed by atoms with Crippen molar-refractivity contribution in [1.82, 2.24) is 26.3 Å². The summed E-state index contributed by atoms with van der Waals surface area (Å²) in [5.74, 6) is -6.07. The summed E-state index contributed by atoms with van der Waals surface area (Å²) in [5, 5.41) is 58.9. The molecule has 2 atom stereocenters. The second kappa shape index (κ2) is 13.8. The van der Waals surface area contributed by atoms with Crippen molar-refractivity contribution >= 4 is 29.5 Å². The zero-order chi connectivity index (χ0) is 30.1. The topological polar surface area (TPSA) is 238 Å². The molecule has 0 spiro atoms. The normalized spacial score (nSPS) is 15.5. The molecule has 5 amide bonds. The van der Waals surface area contributed by atoms with E-state index in [4.69, 9.17) is 0 Å². The Kier molecular flexibility index (Phi) is 10.3. The van der Waals surface area contributed by atoms with E-state index in [-0.39, 0.29) is 37.1 Å². The molecular weight excluding hydrogens is 542 g/mol. The van der Waals surface area contributed by atoms with Crippen molar-refractivity contribution in [2.24, 2.45) is 0 Å². The Morgan fingerprint density at radius 3 is 2.15 bits per heavy atom. The molecule has 1 aliphatic heterocycles. The Balaban J connectivity index is 1.61. The van der Waals surface area contributed by atoms with Gasteiger partial charge in [0.05, 0.1) is 17.7 Å². The first kappa shape index (κ1) is 30.5. The van der Waals surface area contributed by atoms with Gasteiger partial charge in [-0.05, 0) is 49.9 Å². The lowest BCUT2D eigenvalue weighted by Gasteiger charge is -2.28. The summed E-state index contributed by atoms with van der Waals surface area (Å²) in [6.07, 6.45) is 0.862. The first-order valence-electron chi connectivity index (χ1n) is 12.7. The van der Waals surface area contributed by atoms with E-state index >= 15 is 0 Å². The van der Waals surface area contributed by atoms with E-state index < -0.39 is 71.2 Å². The number of para-hydroxylation sites is 2. The molecule has 220 valence electrons. The van der Waals surface area contributed by atoms with Gasteiger partial charge in [0.25, 0.3) is 17.7 Å². The van der Waals surface area contributed by atoms with Crippen LogP contribution in [0.2, 0.25) is 0 Å². The fourth-order valence-electron chi connectivity index (χ4n) is 4.07. The van der Waals surface area contributed by atoms with Gasteiger partial charge in [0.2, 0.25) is 11.8 Å². The molecule has 1 aliphatic rings. The number of hydroxylamine groups is 2. The number of rotatable bonds is 11. The highest BCUT2D eigenvalue weighted by atomic mass is 16.5. The van der Waals surface area contributed by atoms with Crippen LogP contribution in [0.5, 0.6) is 23.0 Å². The van der Waals surface area contributed by atoms with Crippen molar-refractivity contribution < 1.29 is 49.6 Å². The Labute approximate surface area is 233 Å². The van der Waals surface area contributed by atoms with Crippen LogP contribution in [0.25, 0.3) is 0 Å². The first-order valence-corrected chi connectivity index (χ1v) is 12.7. The summed E-state index contributed by atoms with van der Waals surface area (Å²) < 4.78 is 0. The van der Waals surface area contributed by atoms with Crippen LogP contribution >= 0.6 is 0 Å². The van der Waals surface area contributed by atoms with E-state index in [9.17, 15) is 49.6 Å². The third kappa shape index (κ3) is 7.98. The summed E-state index contributed by atoms with van der Waals surface area (Å²) in [4.78, 5) is 62.3. The van der Waals surface area contributed by atoms with Crippen LogP contribution in [0.1, 0.15) is 46.4 Å². The zero-order valence-corrected chi connectivity index (χ0v) is 21.8. The molecule has 0 aromatic heterocycles. The van der Waals surface area contributed by atoms with E-state index in [0.29, 0.717) is 17.9 Å². The minimum Gasteiger partial charge on any atom is -0.504 e. The molecule has 3 rings (SSSR count). The van der Waals surface area contributed by atoms with E-state index in [1.54, 1.807) is 0 Å². The molecule has 0 saturated carbocycles. The number of phenols is 4. The maximum atomic E-state index is 12.9. The fourth-order valence-corrected chi connectivity index (χ4v) is 4.07. The smallest absolute Gasteiger partial charge is 0.268 e. The Morgan fingerprint density at radius 2 is 1.51 bits per heavy atom. The van der Waals surface area contributed by atoms with Crippen molar-refractivity contribution in [2.45, 2.75) is 37.8 Å². The van der Waals surface area contributed by atoms with Crippen LogP contribution in [-0.2, 0) is 14.4 Å². The fraction of sp³-hybridized carbons (Fsp3) is 0.346. The summed E-state index contributed by atoms with van der Waals surface area (Å²) in [6, 6.07) is 5.37. The summed E-state index contributed by atoms with van der Waals surface area (Å²) in [7, 11) is 0. The maximum absolute atomic E-state index is 12.9. The average Bonchev–Trinajstić information content (AvgIpc) is 2.94. The van der Waals surface area contributed by atoms with Crippen LogP contribution in [0.4, 0.5) is 0 Å². The monoisotopic (exact) mass is 573 g/mol. The number of phenolic OH excluding ortho intramolecular Hbond substituents is 4. The van der Waals surface area contributed by atoms with Gasteiger partial charge >= 0.3 is 0 Å². The number of carbonyl (C=O) groups is 5. The number of hydrogen-bond donors (Lipinski definition) is 9. The van der Waals surface area contributed by atoms with Crippen molar-refractivity contribution in [3.05, 3.63) is 47.5 Å². The minimum absolute atomic E-state index is 0.00705. The molecule has 0 unspecified atom stereocenters. The maximum Gasteiger partial charge on any atom is 0.268 e. The highest BCUT2D eigenvalue weighted by molar-refractivity contribution is 6.00. The molecule has 2 aromatic carbocycles. The molecule has 1 saturated heterocycles. The molecule has 0 aliphatic carbocycles. The number of carbonyl (C=O) groups excluding carboxylic acids is 5. The van der Waals surface area contributed by atoms with Crippen molar-refractivity contribution in [3.63, 3.8) is 0 Å². The summed E-state index contributed by atoms with van der Waals surface area (Å²) in [6.45, 7) is -0.411. The molecule has 0 radical (unpaired) electrons. The van der Waals surface area contributed by atoms with Gasteiger partial charge in [-0.2, -0.15) is 0 Å². The van der Waals surface area contributed by atoms with Gasteiger partial charge in [0.1, 0.15) is 12.1 Å². The van der Waals surface area contributed by atoms with Crippen LogP contribution < -0.4 is 21.3 Å². The van der Waals surface area contributed by atoms with E-state index in [0.717, 1.165) is 6.07 Å². The zero-order valence-electron chi connectivity index (χ0n) is 21.8. The number of amides is 5.